The van der Waals surface area contributed by atoms with Gasteiger partial charge < -0.3 is 10.4 Å². The maximum absolute atomic E-state index is 9.33. The highest BCUT2D eigenvalue weighted by Gasteiger charge is 2.00. The Morgan fingerprint density at radius 3 is 3.13 bits per heavy atom. The van der Waals surface area contributed by atoms with E-state index in [0.29, 0.717) is 18.7 Å². The first-order valence-electron chi connectivity index (χ1n) is 5.04. The first-order valence-corrected chi connectivity index (χ1v) is 5.04. The van der Waals surface area contributed by atoms with Gasteiger partial charge in [-0.15, -0.1) is 0 Å². The SMILES string of the molecule is CCC(O)CCNc1ccnc(C#N)c1. The zero-order chi connectivity index (χ0) is 11.1. The normalized spacial score (nSPS) is 11.8. The minimum atomic E-state index is -0.255. The smallest absolute Gasteiger partial charge is 0.142 e. The van der Waals surface area contributed by atoms with E-state index in [-0.39, 0.29) is 6.10 Å². The van der Waals surface area contributed by atoms with Gasteiger partial charge in [0.1, 0.15) is 11.8 Å². The quantitative estimate of drug-likeness (QED) is 0.764. The van der Waals surface area contributed by atoms with Crippen LogP contribution < -0.4 is 5.32 Å². The number of nitrogens with one attached hydrogen (secondary N) is 1. The molecule has 80 valence electrons. The summed E-state index contributed by atoms with van der Waals surface area (Å²) in [6.45, 7) is 2.65. The van der Waals surface area contributed by atoms with Gasteiger partial charge in [-0.1, -0.05) is 6.92 Å². The summed E-state index contributed by atoms with van der Waals surface area (Å²) >= 11 is 0. The monoisotopic (exact) mass is 205 g/mol. The fourth-order valence-electron chi connectivity index (χ4n) is 1.19. The molecule has 0 bridgehead atoms. The fourth-order valence-corrected chi connectivity index (χ4v) is 1.19. The largest absolute Gasteiger partial charge is 0.393 e. The molecule has 0 aromatic carbocycles. The van der Waals surface area contributed by atoms with Crippen LogP contribution in [0.1, 0.15) is 25.5 Å². The highest BCUT2D eigenvalue weighted by atomic mass is 16.3. The predicted octanol–water partition coefficient (Wildman–Crippen LogP) is 1.53. The maximum atomic E-state index is 9.33. The number of aliphatic hydroxyl groups excluding tert-OH is 1. The maximum Gasteiger partial charge on any atom is 0.142 e. The Morgan fingerprint density at radius 2 is 2.47 bits per heavy atom. The van der Waals surface area contributed by atoms with Crippen molar-refractivity contribution in [2.75, 3.05) is 11.9 Å². The van der Waals surface area contributed by atoms with Crippen molar-refractivity contribution in [3.8, 4) is 6.07 Å². The van der Waals surface area contributed by atoms with E-state index in [9.17, 15) is 5.11 Å². The molecule has 2 N–H and O–H groups in total. The highest BCUT2D eigenvalue weighted by Crippen LogP contribution is 2.07. The van der Waals surface area contributed by atoms with Gasteiger partial charge in [0.2, 0.25) is 0 Å². The molecule has 15 heavy (non-hydrogen) atoms. The summed E-state index contributed by atoms with van der Waals surface area (Å²) in [5.74, 6) is 0. The number of hydrogen-bond acceptors (Lipinski definition) is 4. The van der Waals surface area contributed by atoms with Gasteiger partial charge in [0.15, 0.2) is 0 Å². The van der Waals surface area contributed by atoms with Gasteiger partial charge in [-0.25, -0.2) is 4.98 Å². The minimum absolute atomic E-state index is 0.255. The zero-order valence-electron chi connectivity index (χ0n) is 8.77. The second-order valence-corrected chi connectivity index (χ2v) is 3.32. The molecule has 1 aromatic rings. The third kappa shape index (κ3) is 3.96. The van der Waals surface area contributed by atoms with Crippen molar-refractivity contribution in [2.24, 2.45) is 0 Å². The van der Waals surface area contributed by atoms with Crippen molar-refractivity contribution in [3.63, 3.8) is 0 Å². The number of pyridine rings is 1. The summed E-state index contributed by atoms with van der Waals surface area (Å²) in [7, 11) is 0. The molecule has 0 amide bonds. The van der Waals surface area contributed by atoms with E-state index < -0.39 is 0 Å². The molecule has 0 aliphatic heterocycles. The number of nitriles is 1. The predicted molar refractivity (Wildman–Crippen MR) is 58.4 cm³/mol. The van der Waals surface area contributed by atoms with E-state index >= 15 is 0 Å². The number of nitrogens with zero attached hydrogens (tertiary/aromatic N) is 2. The van der Waals surface area contributed by atoms with Gasteiger partial charge in [-0.3, -0.25) is 0 Å². The van der Waals surface area contributed by atoms with E-state index in [4.69, 9.17) is 5.26 Å². The van der Waals surface area contributed by atoms with Crippen LogP contribution in [-0.4, -0.2) is 22.7 Å². The molecule has 1 rings (SSSR count). The molecule has 0 aliphatic carbocycles. The molecule has 0 saturated carbocycles. The molecule has 1 unspecified atom stereocenters. The van der Waals surface area contributed by atoms with Crippen LogP contribution in [0.4, 0.5) is 5.69 Å². The van der Waals surface area contributed by atoms with Crippen molar-refractivity contribution < 1.29 is 5.11 Å². The summed E-state index contributed by atoms with van der Waals surface area (Å²) in [6.07, 6.45) is 2.81. The molecule has 4 nitrogen and oxygen atoms in total. The van der Waals surface area contributed by atoms with Crippen molar-refractivity contribution in [1.29, 1.82) is 5.26 Å². The van der Waals surface area contributed by atoms with Crippen LogP contribution in [-0.2, 0) is 0 Å². The summed E-state index contributed by atoms with van der Waals surface area (Å²) in [4.78, 5) is 3.87. The lowest BCUT2D eigenvalue weighted by Crippen LogP contribution is -2.12. The van der Waals surface area contributed by atoms with Gasteiger partial charge in [0.25, 0.3) is 0 Å². The fraction of sp³-hybridized carbons (Fsp3) is 0.455. The van der Waals surface area contributed by atoms with Gasteiger partial charge in [0.05, 0.1) is 6.10 Å². The average molecular weight is 205 g/mol. The van der Waals surface area contributed by atoms with Gasteiger partial charge >= 0.3 is 0 Å². The Balaban J connectivity index is 2.41. The Hall–Kier alpha value is -1.60. The number of anilines is 1. The van der Waals surface area contributed by atoms with E-state index in [1.54, 1.807) is 18.3 Å². The molecular weight excluding hydrogens is 190 g/mol. The van der Waals surface area contributed by atoms with Crippen molar-refractivity contribution in [1.82, 2.24) is 4.98 Å². The second kappa shape index (κ2) is 5.99. The lowest BCUT2D eigenvalue weighted by Gasteiger charge is -2.09. The van der Waals surface area contributed by atoms with E-state index in [1.165, 1.54) is 0 Å². The zero-order valence-corrected chi connectivity index (χ0v) is 8.77. The molecule has 1 aromatic heterocycles. The summed E-state index contributed by atoms with van der Waals surface area (Å²) in [5.41, 5.74) is 1.26. The molecule has 4 heteroatoms. The minimum Gasteiger partial charge on any atom is -0.393 e. The molecule has 0 spiro atoms. The van der Waals surface area contributed by atoms with Crippen LogP contribution in [0, 0.1) is 11.3 Å². The van der Waals surface area contributed by atoms with Crippen LogP contribution in [0.2, 0.25) is 0 Å². The van der Waals surface area contributed by atoms with Crippen LogP contribution in [0.5, 0.6) is 0 Å². The lowest BCUT2D eigenvalue weighted by molar-refractivity contribution is 0.164. The van der Waals surface area contributed by atoms with Crippen LogP contribution >= 0.6 is 0 Å². The Morgan fingerprint density at radius 1 is 1.67 bits per heavy atom. The Bertz CT molecular complexity index is 346. The molecule has 1 heterocycles. The first-order chi connectivity index (χ1) is 7.26. The number of aliphatic hydroxyl groups is 1. The van der Waals surface area contributed by atoms with Crippen LogP contribution in [0.3, 0.4) is 0 Å². The third-order valence-electron chi connectivity index (χ3n) is 2.15. The van der Waals surface area contributed by atoms with E-state index in [2.05, 4.69) is 10.3 Å². The van der Waals surface area contributed by atoms with E-state index in [0.717, 1.165) is 12.1 Å². The van der Waals surface area contributed by atoms with Crippen LogP contribution in [0.25, 0.3) is 0 Å². The molecular formula is C11H15N3O. The molecule has 0 aliphatic rings. The summed E-state index contributed by atoms with van der Waals surface area (Å²) < 4.78 is 0. The summed E-state index contributed by atoms with van der Waals surface area (Å²) in [6, 6.07) is 5.47. The average Bonchev–Trinajstić information content (AvgIpc) is 2.29. The second-order valence-electron chi connectivity index (χ2n) is 3.32. The topological polar surface area (TPSA) is 68.9 Å². The van der Waals surface area contributed by atoms with Crippen LogP contribution in [0.15, 0.2) is 18.3 Å². The molecule has 0 saturated heterocycles. The highest BCUT2D eigenvalue weighted by molar-refractivity contribution is 5.45. The molecule has 0 fully saturated rings. The molecule has 1 atom stereocenters. The standard InChI is InChI=1S/C11H15N3O/c1-2-11(15)4-6-13-9-3-5-14-10(7-9)8-12/h3,5,7,11,15H,2,4,6H2,1H3,(H,13,14). The van der Waals surface area contributed by atoms with Gasteiger partial charge in [0, 0.05) is 18.4 Å². The Kier molecular flexibility index (Phi) is 4.58. The van der Waals surface area contributed by atoms with Gasteiger partial charge in [-0.05, 0) is 25.0 Å². The number of hydrogen-bond donors (Lipinski definition) is 2. The summed E-state index contributed by atoms with van der Waals surface area (Å²) in [5, 5.41) is 21.1. The van der Waals surface area contributed by atoms with Crippen molar-refractivity contribution >= 4 is 5.69 Å². The Labute approximate surface area is 89.6 Å². The van der Waals surface area contributed by atoms with E-state index in [1.807, 2.05) is 13.0 Å². The van der Waals surface area contributed by atoms with Gasteiger partial charge in [-0.2, -0.15) is 5.26 Å². The number of aromatic nitrogens is 1. The van der Waals surface area contributed by atoms with Crippen molar-refractivity contribution in [3.05, 3.63) is 24.0 Å². The first kappa shape index (κ1) is 11.5. The number of rotatable bonds is 5. The third-order valence-corrected chi connectivity index (χ3v) is 2.15. The lowest BCUT2D eigenvalue weighted by atomic mass is 10.2. The molecule has 0 radical (unpaired) electrons. The van der Waals surface area contributed by atoms with Crippen molar-refractivity contribution in [2.45, 2.75) is 25.9 Å².